The van der Waals surface area contributed by atoms with Crippen LogP contribution in [0.2, 0.25) is 0 Å². The van der Waals surface area contributed by atoms with Crippen LogP contribution in [0.3, 0.4) is 0 Å². The summed E-state index contributed by atoms with van der Waals surface area (Å²) in [5.74, 6) is -0.0577. The van der Waals surface area contributed by atoms with Gasteiger partial charge in [0.25, 0.3) is 11.1 Å². The minimum Gasteiger partial charge on any atom is -0.416 e. The van der Waals surface area contributed by atoms with E-state index in [4.69, 9.17) is 10.2 Å². The molecule has 1 fully saturated rings. The molecule has 2 aliphatic rings. The van der Waals surface area contributed by atoms with Crippen LogP contribution < -0.4 is 11.1 Å². The van der Waals surface area contributed by atoms with Gasteiger partial charge in [0.2, 0.25) is 11.8 Å². The molecule has 0 saturated carbocycles. The zero-order valence-corrected chi connectivity index (χ0v) is 17.9. The van der Waals surface area contributed by atoms with E-state index in [0.717, 1.165) is 41.5 Å². The molecule has 1 unspecified atom stereocenters. The van der Waals surface area contributed by atoms with Gasteiger partial charge in [-0.05, 0) is 37.2 Å². The Morgan fingerprint density at radius 1 is 1.31 bits per heavy atom. The quantitative estimate of drug-likeness (QED) is 0.595. The highest BCUT2D eigenvalue weighted by atomic mass is 32.2. The molecule has 156 valence electrons. The van der Waals surface area contributed by atoms with E-state index < -0.39 is 15.7 Å². The third-order valence-electron chi connectivity index (χ3n) is 4.99. The summed E-state index contributed by atoms with van der Waals surface area (Å²) in [6.07, 6.45) is 3.72. The average molecular weight is 457 g/mol. The molecule has 1 saturated heterocycles. The molecule has 0 aromatic carbocycles. The highest BCUT2D eigenvalue weighted by Gasteiger charge is 2.29. The largest absolute Gasteiger partial charge is 0.416 e. The van der Waals surface area contributed by atoms with Gasteiger partial charge in [-0.2, -0.15) is 0 Å². The second kappa shape index (κ2) is 8.07. The van der Waals surface area contributed by atoms with Crippen LogP contribution in [0.15, 0.2) is 9.64 Å². The van der Waals surface area contributed by atoms with Crippen LogP contribution in [0.5, 0.6) is 0 Å². The number of nitrogens with two attached hydrogens (primary N) is 1. The highest BCUT2D eigenvalue weighted by molar-refractivity contribution is 7.99. The molecule has 2 aromatic rings. The Kier molecular flexibility index (Phi) is 5.67. The first-order valence-corrected chi connectivity index (χ1v) is 12.8. The molecular weight excluding hydrogens is 436 g/mol. The number of thioether (sulfide) groups is 1. The second-order valence-electron chi connectivity index (χ2n) is 7.20. The van der Waals surface area contributed by atoms with Crippen molar-refractivity contribution in [2.24, 2.45) is 11.7 Å². The van der Waals surface area contributed by atoms with Crippen LogP contribution in [0.1, 0.15) is 39.5 Å². The molecule has 9 nitrogen and oxygen atoms in total. The lowest BCUT2D eigenvalue weighted by Crippen LogP contribution is -2.18. The van der Waals surface area contributed by atoms with Crippen molar-refractivity contribution in [1.29, 1.82) is 0 Å². The second-order valence-corrected chi connectivity index (χ2v) is 11.5. The van der Waals surface area contributed by atoms with Gasteiger partial charge in [-0.25, -0.2) is 8.42 Å². The minimum absolute atomic E-state index is 0.00500. The molecule has 1 atom stereocenters. The predicted molar refractivity (Wildman–Crippen MR) is 109 cm³/mol. The SMILES string of the molecule is NC(=O)c1c(NC(=O)CSc2nnc(CC3CCS(=O)(=O)C3)o2)sc2c1CCC2. The van der Waals surface area contributed by atoms with E-state index in [0.29, 0.717) is 29.3 Å². The topological polar surface area (TPSA) is 145 Å². The van der Waals surface area contributed by atoms with Gasteiger partial charge in [0.05, 0.1) is 22.8 Å². The first-order chi connectivity index (χ1) is 13.8. The Bertz CT molecular complexity index is 1060. The summed E-state index contributed by atoms with van der Waals surface area (Å²) in [6, 6.07) is 0. The van der Waals surface area contributed by atoms with E-state index in [-0.39, 0.29) is 34.3 Å². The molecule has 1 aliphatic carbocycles. The van der Waals surface area contributed by atoms with Crippen LogP contribution in [-0.2, 0) is 33.9 Å². The zero-order valence-electron chi connectivity index (χ0n) is 15.5. The summed E-state index contributed by atoms with van der Waals surface area (Å²) in [5, 5.41) is 11.4. The van der Waals surface area contributed by atoms with Gasteiger partial charge >= 0.3 is 0 Å². The summed E-state index contributed by atoms with van der Waals surface area (Å²) in [7, 11) is -2.95. The number of hydrogen-bond acceptors (Lipinski definition) is 9. The predicted octanol–water partition coefficient (Wildman–Crippen LogP) is 1.43. The number of hydrogen-bond donors (Lipinski definition) is 2. The number of aromatic nitrogens is 2. The molecule has 0 bridgehead atoms. The summed E-state index contributed by atoms with van der Waals surface area (Å²) in [4.78, 5) is 25.2. The van der Waals surface area contributed by atoms with Crippen molar-refractivity contribution in [2.45, 2.75) is 37.3 Å². The fourth-order valence-electron chi connectivity index (χ4n) is 3.70. The van der Waals surface area contributed by atoms with Gasteiger partial charge in [-0.3, -0.25) is 9.59 Å². The minimum atomic E-state index is -2.95. The van der Waals surface area contributed by atoms with Gasteiger partial charge < -0.3 is 15.5 Å². The molecule has 0 spiro atoms. The normalized spacial score (nSPS) is 19.9. The summed E-state index contributed by atoms with van der Waals surface area (Å²) in [6.45, 7) is 0. The molecule has 3 N–H and O–H groups in total. The first kappa shape index (κ1) is 20.4. The number of nitrogens with one attached hydrogen (secondary N) is 1. The Hall–Kier alpha value is -1.92. The summed E-state index contributed by atoms with van der Waals surface area (Å²) < 4.78 is 28.6. The average Bonchev–Trinajstić information content (AvgIpc) is 3.38. The lowest BCUT2D eigenvalue weighted by Gasteiger charge is -2.05. The fourth-order valence-corrected chi connectivity index (χ4v) is 7.46. The van der Waals surface area contributed by atoms with E-state index in [2.05, 4.69) is 15.5 Å². The van der Waals surface area contributed by atoms with Gasteiger partial charge in [-0.1, -0.05) is 11.8 Å². The van der Waals surface area contributed by atoms with Gasteiger partial charge in [0, 0.05) is 11.3 Å². The number of aryl methyl sites for hydroxylation is 1. The summed E-state index contributed by atoms with van der Waals surface area (Å²) in [5.41, 5.74) is 6.88. The van der Waals surface area contributed by atoms with Crippen LogP contribution in [0, 0.1) is 5.92 Å². The smallest absolute Gasteiger partial charge is 0.277 e. The van der Waals surface area contributed by atoms with Crippen molar-refractivity contribution in [3.63, 3.8) is 0 Å². The summed E-state index contributed by atoms with van der Waals surface area (Å²) >= 11 is 2.50. The number of carbonyl (C=O) groups excluding carboxylic acids is 2. The Morgan fingerprint density at radius 3 is 2.86 bits per heavy atom. The van der Waals surface area contributed by atoms with E-state index in [1.165, 1.54) is 11.3 Å². The maximum atomic E-state index is 12.3. The molecule has 1 aliphatic heterocycles. The maximum absolute atomic E-state index is 12.3. The van der Waals surface area contributed by atoms with Crippen molar-refractivity contribution < 1.29 is 22.4 Å². The van der Waals surface area contributed by atoms with Gasteiger partial charge in [0.1, 0.15) is 5.00 Å². The number of thiophene rings is 1. The fraction of sp³-hybridized carbons (Fsp3) is 0.529. The molecule has 3 heterocycles. The van der Waals surface area contributed by atoms with Crippen molar-refractivity contribution in [3.05, 3.63) is 21.9 Å². The Labute approximate surface area is 175 Å². The number of anilines is 1. The van der Waals surface area contributed by atoms with Crippen molar-refractivity contribution in [2.75, 3.05) is 22.6 Å². The number of amides is 2. The number of carbonyl (C=O) groups is 2. The van der Waals surface area contributed by atoms with E-state index >= 15 is 0 Å². The van der Waals surface area contributed by atoms with Crippen LogP contribution in [0.25, 0.3) is 0 Å². The van der Waals surface area contributed by atoms with Crippen molar-refractivity contribution in [1.82, 2.24) is 10.2 Å². The zero-order chi connectivity index (χ0) is 20.6. The van der Waals surface area contributed by atoms with Crippen LogP contribution in [-0.4, -0.2) is 47.7 Å². The highest BCUT2D eigenvalue weighted by Crippen LogP contribution is 2.39. The lowest BCUT2D eigenvalue weighted by molar-refractivity contribution is -0.113. The molecule has 2 amide bonds. The lowest BCUT2D eigenvalue weighted by atomic mass is 10.1. The third-order valence-corrected chi connectivity index (χ3v) is 8.85. The monoisotopic (exact) mass is 456 g/mol. The molecule has 12 heteroatoms. The third kappa shape index (κ3) is 4.64. The molecule has 4 rings (SSSR count). The van der Waals surface area contributed by atoms with Gasteiger partial charge in [-0.15, -0.1) is 21.5 Å². The van der Waals surface area contributed by atoms with Crippen molar-refractivity contribution >= 4 is 49.8 Å². The first-order valence-electron chi connectivity index (χ1n) is 9.20. The van der Waals surface area contributed by atoms with E-state index in [1.807, 2.05) is 0 Å². The Morgan fingerprint density at radius 2 is 2.14 bits per heavy atom. The number of rotatable bonds is 7. The molecule has 2 aromatic heterocycles. The number of sulfone groups is 1. The molecular formula is C17H20N4O5S3. The van der Waals surface area contributed by atoms with Crippen LogP contribution in [0.4, 0.5) is 5.00 Å². The van der Waals surface area contributed by atoms with Crippen molar-refractivity contribution in [3.8, 4) is 0 Å². The standard InChI is InChI=1S/C17H20N4O5S3/c18-15(23)14-10-2-1-3-11(10)28-16(14)19-12(22)7-27-17-21-20-13(26-17)6-9-4-5-29(24,25)8-9/h9H,1-8H2,(H2,18,23)(H,19,22). The molecule has 0 radical (unpaired) electrons. The Balaban J connectivity index is 1.32. The van der Waals surface area contributed by atoms with Crippen LogP contribution >= 0.6 is 23.1 Å². The van der Waals surface area contributed by atoms with E-state index in [9.17, 15) is 18.0 Å². The number of fused-ring (bicyclic) bond motifs is 1. The maximum Gasteiger partial charge on any atom is 0.277 e. The number of nitrogens with zero attached hydrogens (tertiary/aromatic N) is 2. The number of primary amides is 1. The van der Waals surface area contributed by atoms with Gasteiger partial charge in [0.15, 0.2) is 9.84 Å². The van der Waals surface area contributed by atoms with E-state index in [1.54, 1.807) is 0 Å². The molecule has 29 heavy (non-hydrogen) atoms.